The highest BCUT2D eigenvalue weighted by Gasteiger charge is 2.32. The number of rotatable bonds is 6. The molecule has 1 atom stereocenters. The zero-order valence-corrected chi connectivity index (χ0v) is 10.3. The second-order valence-corrected chi connectivity index (χ2v) is 4.10. The number of nitrogens with two attached hydrogens (primary N) is 1. The lowest BCUT2D eigenvalue weighted by molar-refractivity contribution is -0.150. The van der Waals surface area contributed by atoms with Gasteiger partial charge in [0.15, 0.2) is 0 Å². The molecule has 2 N–H and O–H groups in total. The molecule has 0 amide bonds. The van der Waals surface area contributed by atoms with Crippen LogP contribution in [0.3, 0.4) is 0 Å². The van der Waals surface area contributed by atoms with Crippen LogP contribution in [0.25, 0.3) is 0 Å². The minimum absolute atomic E-state index is 0.105. The Morgan fingerprint density at radius 1 is 1.41 bits per heavy atom. The Morgan fingerprint density at radius 3 is 2.29 bits per heavy atom. The van der Waals surface area contributed by atoms with Gasteiger partial charge in [0.05, 0.1) is 13.7 Å². The molecule has 7 heteroatoms. The second-order valence-electron chi connectivity index (χ2n) is 4.10. The molecule has 4 nitrogen and oxygen atoms in total. The Labute approximate surface area is 98.9 Å². The summed E-state index contributed by atoms with van der Waals surface area (Å²) in [6, 6.07) is -1.14. The predicted octanol–water partition coefficient (Wildman–Crippen LogP) is 1.15. The molecule has 102 valence electrons. The average molecular weight is 256 g/mol. The standard InChI is InChI=1S/C10H19F3N2O2/c1-7(2)15(6-10(11,12)13)5-4-8(14)9(16)17-3/h7-8H,4-6,14H2,1-3H3. The predicted molar refractivity (Wildman–Crippen MR) is 57.4 cm³/mol. The number of hydrogen-bond acceptors (Lipinski definition) is 4. The minimum Gasteiger partial charge on any atom is -0.468 e. The molecule has 0 aliphatic heterocycles. The molecule has 0 saturated heterocycles. The maximum Gasteiger partial charge on any atom is 0.401 e. The van der Waals surface area contributed by atoms with Crippen LogP contribution in [-0.4, -0.2) is 49.3 Å². The first-order valence-corrected chi connectivity index (χ1v) is 5.31. The van der Waals surface area contributed by atoms with Gasteiger partial charge in [-0.1, -0.05) is 0 Å². The number of halogens is 3. The van der Waals surface area contributed by atoms with Crippen LogP contribution in [0.5, 0.6) is 0 Å². The van der Waals surface area contributed by atoms with E-state index in [1.54, 1.807) is 13.8 Å². The number of alkyl halides is 3. The maximum absolute atomic E-state index is 12.3. The van der Waals surface area contributed by atoms with Gasteiger partial charge in [-0.2, -0.15) is 13.2 Å². The van der Waals surface area contributed by atoms with Crippen LogP contribution in [0.15, 0.2) is 0 Å². The zero-order chi connectivity index (χ0) is 13.6. The maximum atomic E-state index is 12.3. The van der Waals surface area contributed by atoms with Crippen LogP contribution < -0.4 is 5.73 Å². The molecule has 0 heterocycles. The Hall–Kier alpha value is -0.820. The fourth-order valence-electron chi connectivity index (χ4n) is 1.32. The Kier molecular flexibility index (Phi) is 6.48. The van der Waals surface area contributed by atoms with E-state index in [4.69, 9.17) is 5.73 Å². The van der Waals surface area contributed by atoms with Crippen molar-refractivity contribution in [1.29, 1.82) is 0 Å². The SMILES string of the molecule is COC(=O)C(N)CCN(CC(F)(F)F)C(C)C. The molecule has 17 heavy (non-hydrogen) atoms. The molecule has 0 spiro atoms. The van der Waals surface area contributed by atoms with E-state index in [1.807, 2.05) is 0 Å². The lowest BCUT2D eigenvalue weighted by Crippen LogP contribution is -2.43. The van der Waals surface area contributed by atoms with Gasteiger partial charge in [0, 0.05) is 12.6 Å². The van der Waals surface area contributed by atoms with E-state index in [0.717, 1.165) is 0 Å². The van der Waals surface area contributed by atoms with E-state index in [1.165, 1.54) is 12.0 Å². The van der Waals surface area contributed by atoms with E-state index < -0.39 is 24.7 Å². The number of methoxy groups -OCH3 is 1. The number of nitrogens with zero attached hydrogens (tertiary/aromatic N) is 1. The van der Waals surface area contributed by atoms with Gasteiger partial charge in [-0.25, -0.2) is 0 Å². The van der Waals surface area contributed by atoms with Gasteiger partial charge in [0.1, 0.15) is 6.04 Å². The summed E-state index contributed by atoms with van der Waals surface area (Å²) in [6.45, 7) is 2.43. The van der Waals surface area contributed by atoms with E-state index in [0.29, 0.717) is 0 Å². The van der Waals surface area contributed by atoms with Crippen molar-refractivity contribution in [2.24, 2.45) is 5.73 Å². The smallest absolute Gasteiger partial charge is 0.401 e. The van der Waals surface area contributed by atoms with Crippen LogP contribution in [0, 0.1) is 0 Å². The van der Waals surface area contributed by atoms with E-state index in [2.05, 4.69) is 4.74 Å². The summed E-state index contributed by atoms with van der Waals surface area (Å²) in [6.07, 6.45) is -4.11. The van der Waals surface area contributed by atoms with Crippen molar-refractivity contribution >= 4 is 5.97 Å². The third-order valence-electron chi connectivity index (χ3n) is 2.34. The molecule has 0 fully saturated rings. The summed E-state index contributed by atoms with van der Waals surface area (Å²) in [5, 5.41) is 0. The monoisotopic (exact) mass is 256 g/mol. The number of ether oxygens (including phenoxy) is 1. The summed E-state index contributed by atoms with van der Waals surface area (Å²) in [5.74, 6) is -0.610. The molecule has 0 radical (unpaired) electrons. The first-order chi connectivity index (χ1) is 7.67. The van der Waals surface area contributed by atoms with Crippen LogP contribution in [0.4, 0.5) is 13.2 Å². The van der Waals surface area contributed by atoms with Gasteiger partial charge in [0.2, 0.25) is 0 Å². The molecule has 0 bridgehead atoms. The van der Waals surface area contributed by atoms with Crippen molar-refractivity contribution in [3.8, 4) is 0 Å². The van der Waals surface area contributed by atoms with Gasteiger partial charge < -0.3 is 10.5 Å². The summed E-state index contributed by atoms with van der Waals surface area (Å²) in [7, 11) is 1.19. The second kappa shape index (κ2) is 6.80. The average Bonchev–Trinajstić information content (AvgIpc) is 2.20. The molecule has 0 saturated carbocycles. The van der Waals surface area contributed by atoms with Gasteiger partial charge in [-0.05, 0) is 20.3 Å². The first-order valence-electron chi connectivity index (χ1n) is 5.31. The molecule has 1 unspecified atom stereocenters. The highest BCUT2D eigenvalue weighted by atomic mass is 19.4. The highest BCUT2D eigenvalue weighted by Crippen LogP contribution is 2.18. The molecular formula is C10H19F3N2O2. The number of esters is 1. The fraction of sp³-hybridized carbons (Fsp3) is 0.900. The van der Waals surface area contributed by atoms with Crippen LogP contribution in [0.1, 0.15) is 20.3 Å². The summed E-state index contributed by atoms with van der Waals surface area (Å²) in [5.41, 5.74) is 5.46. The van der Waals surface area contributed by atoms with Crippen molar-refractivity contribution in [3.05, 3.63) is 0 Å². The fourth-order valence-corrected chi connectivity index (χ4v) is 1.32. The largest absolute Gasteiger partial charge is 0.468 e. The van der Waals surface area contributed by atoms with Gasteiger partial charge >= 0.3 is 12.1 Å². The van der Waals surface area contributed by atoms with Crippen molar-refractivity contribution in [2.75, 3.05) is 20.2 Å². The topological polar surface area (TPSA) is 55.6 Å². The van der Waals surface area contributed by atoms with Gasteiger partial charge in [0.25, 0.3) is 0 Å². The summed E-state index contributed by atoms with van der Waals surface area (Å²) in [4.78, 5) is 12.2. The number of carbonyl (C=O) groups excluding carboxylic acids is 1. The third-order valence-corrected chi connectivity index (χ3v) is 2.34. The van der Waals surface area contributed by atoms with Crippen molar-refractivity contribution < 1.29 is 22.7 Å². The Bertz CT molecular complexity index is 244. The molecule has 0 aliphatic carbocycles. The lowest BCUT2D eigenvalue weighted by Gasteiger charge is -2.28. The lowest BCUT2D eigenvalue weighted by atomic mass is 10.2. The Morgan fingerprint density at radius 2 is 1.94 bits per heavy atom. The van der Waals surface area contributed by atoms with E-state index in [-0.39, 0.29) is 19.0 Å². The number of carbonyl (C=O) groups is 1. The summed E-state index contributed by atoms with van der Waals surface area (Å²) < 4.78 is 41.2. The number of hydrogen-bond donors (Lipinski definition) is 1. The van der Waals surface area contributed by atoms with Crippen LogP contribution in [0.2, 0.25) is 0 Å². The van der Waals surface area contributed by atoms with Crippen molar-refractivity contribution in [3.63, 3.8) is 0 Å². The quantitative estimate of drug-likeness (QED) is 0.724. The molecule has 0 aliphatic rings. The normalized spacial score (nSPS) is 14.2. The van der Waals surface area contributed by atoms with E-state index >= 15 is 0 Å². The molecule has 0 aromatic heterocycles. The van der Waals surface area contributed by atoms with Crippen LogP contribution in [-0.2, 0) is 9.53 Å². The van der Waals surface area contributed by atoms with E-state index in [9.17, 15) is 18.0 Å². The van der Waals surface area contributed by atoms with Gasteiger partial charge in [-0.3, -0.25) is 9.69 Å². The van der Waals surface area contributed by atoms with Gasteiger partial charge in [-0.15, -0.1) is 0 Å². The third kappa shape index (κ3) is 7.17. The van der Waals surface area contributed by atoms with Crippen molar-refractivity contribution in [2.45, 2.75) is 38.5 Å². The summed E-state index contributed by atoms with van der Waals surface area (Å²) >= 11 is 0. The molecule has 0 rings (SSSR count). The highest BCUT2D eigenvalue weighted by molar-refractivity contribution is 5.75. The first kappa shape index (κ1) is 16.2. The minimum atomic E-state index is -4.25. The van der Waals surface area contributed by atoms with Crippen molar-refractivity contribution in [1.82, 2.24) is 4.90 Å². The Balaban J connectivity index is 4.23. The van der Waals surface area contributed by atoms with Crippen LogP contribution >= 0.6 is 0 Å². The molecule has 0 aromatic carbocycles. The zero-order valence-electron chi connectivity index (χ0n) is 10.3. The molecular weight excluding hydrogens is 237 g/mol. The molecule has 0 aromatic rings.